The van der Waals surface area contributed by atoms with Gasteiger partial charge in [0.15, 0.2) is 5.69 Å². The van der Waals surface area contributed by atoms with Gasteiger partial charge in [-0.2, -0.15) is 0 Å². The van der Waals surface area contributed by atoms with Crippen molar-refractivity contribution in [2.45, 2.75) is 6.92 Å². The molecule has 1 fully saturated rings. The van der Waals surface area contributed by atoms with Gasteiger partial charge in [0.1, 0.15) is 11.6 Å². The summed E-state index contributed by atoms with van der Waals surface area (Å²) in [5, 5.41) is 7.97. The minimum Gasteiger partial charge on any atom is -0.368 e. The topological polar surface area (TPSA) is 54.3 Å². The van der Waals surface area contributed by atoms with Gasteiger partial charge in [-0.1, -0.05) is 5.21 Å². The predicted octanol–water partition coefficient (Wildman–Crippen LogP) is 2.82. The Morgan fingerprint density at radius 3 is 2.32 bits per heavy atom. The van der Waals surface area contributed by atoms with Crippen LogP contribution in [0.5, 0.6) is 0 Å². The van der Waals surface area contributed by atoms with E-state index in [0.29, 0.717) is 37.4 Å². The molecule has 0 saturated carbocycles. The molecule has 0 unspecified atom stereocenters. The van der Waals surface area contributed by atoms with Crippen molar-refractivity contribution in [2.24, 2.45) is 0 Å². The maximum atomic E-state index is 13.4. The molecule has 0 aliphatic carbocycles. The first kappa shape index (κ1) is 18.1. The molecule has 2 aromatic carbocycles. The first-order valence-corrected chi connectivity index (χ1v) is 9.00. The minimum atomic E-state index is -0.292. The molecule has 1 aliphatic heterocycles. The standard InChI is InChI=1S/C20H19F2N5O/c1-14-12-17(6-7-18(14)22)27-13-19(23-24-27)20(28)26-10-8-25(9-11-26)16-4-2-15(21)3-5-16/h2-7,12-13H,8-11H2,1H3. The molecule has 1 aromatic heterocycles. The molecule has 0 bridgehead atoms. The fourth-order valence-corrected chi connectivity index (χ4v) is 3.24. The number of piperazine rings is 1. The van der Waals surface area contributed by atoms with Crippen molar-refractivity contribution in [1.82, 2.24) is 19.9 Å². The Bertz CT molecular complexity index is 994. The Balaban J connectivity index is 1.42. The van der Waals surface area contributed by atoms with Crippen molar-refractivity contribution in [3.63, 3.8) is 0 Å². The number of hydrogen-bond acceptors (Lipinski definition) is 4. The molecule has 0 radical (unpaired) electrons. The highest BCUT2D eigenvalue weighted by Gasteiger charge is 2.24. The zero-order chi connectivity index (χ0) is 19.7. The maximum Gasteiger partial charge on any atom is 0.276 e. The van der Waals surface area contributed by atoms with E-state index in [0.717, 1.165) is 5.69 Å². The van der Waals surface area contributed by atoms with Crippen LogP contribution in [0, 0.1) is 18.6 Å². The lowest BCUT2D eigenvalue weighted by Gasteiger charge is -2.35. The minimum absolute atomic E-state index is 0.191. The van der Waals surface area contributed by atoms with Crippen molar-refractivity contribution >= 4 is 11.6 Å². The molecule has 8 heteroatoms. The Hall–Kier alpha value is -3.29. The van der Waals surface area contributed by atoms with E-state index in [1.54, 1.807) is 42.3 Å². The van der Waals surface area contributed by atoms with Gasteiger partial charge < -0.3 is 9.80 Å². The molecule has 1 aliphatic rings. The van der Waals surface area contributed by atoms with Crippen LogP contribution in [0.2, 0.25) is 0 Å². The highest BCUT2D eigenvalue weighted by atomic mass is 19.1. The first-order chi connectivity index (χ1) is 13.5. The van der Waals surface area contributed by atoms with Crippen molar-refractivity contribution in [1.29, 1.82) is 0 Å². The average Bonchev–Trinajstić information content (AvgIpc) is 3.20. The normalized spacial score (nSPS) is 14.4. The number of carbonyl (C=O) groups is 1. The van der Waals surface area contributed by atoms with Gasteiger partial charge in [0.2, 0.25) is 0 Å². The smallest absolute Gasteiger partial charge is 0.276 e. The Morgan fingerprint density at radius 2 is 1.64 bits per heavy atom. The largest absolute Gasteiger partial charge is 0.368 e. The van der Waals surface area contributed by atoms with Gasteiger partial charge in [0.25, 0.3) is 5.91 Å². The van der Waals surface area contributed by atoms with E-state index in [9.17, 15) is 13.6 Å². The summed E-state index contributed by atoms with van der Waals surface area (Å²) in [5.74, 6) is -0.750. The van der Waals surface area contributed by atoms with Gasteiger partial charge in [0, 0.05) is 31.9 Å². The maximum absolute atomic E-state index is 13.4. The molecular weight excluding hydrogens is 364 g/mol. The van der Waals surface area contributed by atoms with E-state index in [-0.39, 0.29) is 23.2 Å². The number of nitrogens with zero attached hydrogens (tertiary/aromatic N) is 5. The van der Waals surface area contributed by atoms with Crippen LogP contribution in [-0.2, 0) is 0 Å². The summed E-state index contributed by atoms with van der Waals surface area (Å²) < 4.78 is 28.0. The van der Waals surface area contributed by atoms with Crippen LogP contribution >= 0.6 is 0 Å². The molecule has 1 amide bonds. The first-order valence-electron chi connectivity index (χ1n) is 9.00. The van der Waals surface area contributed by atoms with Crippen LogP contribution in [-0.4, -0.2) is 52.0 Å². The molecule has 28 heavy (non-hydrogen) atoms. The second-order valence-corrected chi connectivity index (χ2v) is 6.74. The second-order valence-electron chi connectivity index (χ2n) is 6.74. The summed E-state index contributed by atoms with van der Waals surface area (Å²) in [6.07, 6.45) is 1.56. The number of halogens is 2. The second kappa shape index (κ2) is 7.38. The highest BCUT2D eigenvalue weighted by molar-refractivity contribution is 5.92. The molecule has 1 saturated heterocycles. The van der Waals surface area contributed by atoms with Gasteiger partial charge in [0.05, 0.1) is 11.9 Å². The highest BCUT2D eigenvalue weighted by Crippen LogP contribution is 2.18. The van der Waals surface area contributed by atoms with Crippen LogP contribution in [0.3, 0.4) is 0 Å². The monoisotopic (exact) mass is 383 g/mol. The lowest BCUT2D eigenvalue weighted by molar-refractivity contribution is 0.0741. The van der Waals surface area contributed by atoms with E-state index in [4.69, 9.17) is 0 Å². The Labute approximate surface area is 161 Å². The van der Waals surface area contributed by atoms with Crippen LogP contribution < -0.4 is 4.90 Å². The number of amides is 1. The van der Waals surface area contributed by atoms with Crippen molar-refractivity contribution < 1.29 is 13.6 Å². The van der Waals surface area contributed by atoms with Gasteiger partial charge >= 0.3 is 0 Å². The summed E-state index contributed by atoms with van der Waals surface area (Å²) in [5.41, 5.74) is 2.33. The summed E-state index contributed by atoms with van der Waals surface area (Å²) in [6.45, 7) is 4.06. The zero-order valence-electron chi connectivity index (χ0n) is 15.3. The van der Waals surface area contributed by atoms with E-state index in [1.807, 2.05) is 0 Å². The summed E-state index contributed by atoms with van der Waals surface area (Å²) in [7, 11) is 0. The van der Waals surface area contributed by atoms with E-state index < -0.39 is 0 Å². The number of hydrogen-bond donors (Lipinski definition) is 0. The number of benzene rings is 2. The summed E-state index contributed by atoms with van der Waals surface area (Å²) >= 11 is 0. The SMILES string of the molecule is Cc1cc(-n2cc(C(=O)N3CCN(c4ccc(F)cc4)CC3)nn2)ccc1F. The van der Waals surface area contributed by atoms with E-state index >= 15 is 0 Å². The third kappa shape index (κ3) is 3.58. The molecule has 0 atom stereocenters. The Morgan fingerprint density at radius 1 is 0.964 bits per heavy atom. The number of anilines is 1. The van der Waals surface area contributed by atoms with Crippen molar-refractivity contribution in [3.05, 3.63) is 71.6 Å². The quantitative estimate of drug-likeness (QED) is 0.698. The zero-order valence-corrected chi connectivity index (χ0v) is 15.3. The molecule has 0 spiro atoms. The number of carbonyl (C=O) groups excluding carboxylic acids is 1. The fraction of sp³-hybridized carbons (Fsp3) is 0.250. The lowest BCUT2D eigenvalue weighted by atomic mass is 10.2. The summed E-state index contributed by atoms with van der Waals surface area (Å²) in [6, 6.07) is 11.0. The predicted molar refractivity (Wildman–Crippen MR) is 101 cm³/mol. The number of aromatic nitrogens is 3. The van der Waals surface area contributed by atoms with Crippen LogP contribution in [0.1, 0.15) is 16.1 Å². The molecule has 3 aromatic rings. The molecule has 144 valence electrons. The number of aryl methyl sites for hydroxylation is 1. The fourth-order valence-electron chi connectivity index (χ4n) is 3.24. The molecule has 0 N–H and O–H groups in total. The van der Waals surface area contributed by atoms with E-state index in [1.165, 1.54) is 22.9 Å². The lowest BCUT2D eigenvalue weighted by Crippen LogP contribution is -2.48. The average molecular weight is 383 g/mol. The van der Waals surface area contributed by atoms with Crippen molar-refractivity contribution in [2.75, 3.05) is 31.1 Å². The van der Waals surface area contributed by atoms with Gasteiger partial charge in [-0.05, 0) is 55.0 Å². The van der Waals surface area contributed by atoms with Crippen LogP contribution in [0.4, 0.5) is 14.5 Å². The third-order valence-corrected chi connectivity index (χ3v) is 4.88. The van der Waals surface area contributed by atoms with Crippen LogP contribution in [0.25, 0.3) is 5.69 Å². The van der Waals surface area contributed by atoms with Gasteiger partial charge in [-0.15, -0.1) is 5.10 Å². The van der Waals surface area contributed by atoms with Gasteiger partial charge in [-0.3, -0.25) is 4.79 Å². The number of rotatable bonds is 3. The Kier molecular flexibility index (Phi) is 4.77. The van der Waals surface area contributed by atoms with Crippen molar-refractivity contribution in [3.8, 4) is 5.69 Å². The summed E-state index contributed by atoms with van der Waals surface area (Å²) in [4.78, 5) is 16.6. The molecule has 6 nitrogen and oxygen atoms in total. The van der Waals surface area contributed by atoms with E-state index in [2.05, 4.69) is 15.2 Å². The van der Waals surface area contributed by atoms with Gasteiger partial charge in [-0.25, -0.2) is 13.5 Å². The third-order valence-electron chi connectivity index (χ3n) is 4.88. The van der Waals surface area contributed by atoms with Crippen LogP contribution in [0.15, 0.2) is 48.7 Å². The molecule has 2 heterocycles. The molecule has 4 rings (SSSR count). The molecular formula is C20H19F2N5O.